The average molecular weight is 859 g/mol. The summed E-state index contributed by atoms with van der Waals surface area (Å²) < 4.78 is 11.8. The fourth-order valence-electron chi connectivity index (χ4n) is 10.5. The van der Waals surface area contributed by atoms with E-state index in [9.17, 15) is 0 Å². The van der Waals surface area contributed by atoms with Gasteiger partial charge < -0.3 is 13.9 Å². The van der Waals surface area contributed by atoms with Crippen LogP contribution in [0.2, 0.25) is 0 Å². The summed E-state index contributed by atoms with van der Waals surface area (Å²) in [6, 6.07) is 84.1. The first-order valence-electron chi connectivity index (χ1n) is 22.5. The number of furan rings is 1. The molecule has 4 heteroatoms. The van der Waals surface area contributed by atoms with E-state index in [0.717, 1.165) is 55.8 Å². The van der Waals surface area contributed by atoms with Gasteiger partial charge in [-0.2, -0.15) is 0 Å². The summed E-state index contributed by atoms with van der Waals surface area (Å²) >= 11 is 1.86. The topological polar surface area (TPSA) is 21.3 Å². The van der Waals surface area contributed by atoms with Crippen LogP contribution in [0.5, 0.6) is 0 Å². The van der Waals surface area contributed by atoms with Gasteiger partial charge in [-0.05, 0) is 112 Å². The third-order valence-corrected chi connectivity index (χ3v) is 14.7. The van der Waals surface area contributed by atoms with Gasteiger partial charge in [0, 0.05) is 69.7 Å². The molecule has 0 atom stereocenters. The molecule has 66 heavy (non-hydrogen) atoms. The molecule has 0 aliphatic carbocycles. The van der Waals surface area contributed by atoms with Gasteiger partial charge in [-0.25, -0.2) is 0 Å². The van der Waals surface area contributed by atoms with Crippen molar-refractivity contribution in [1.82, 2.24) is 4.57 Å². The van der Waals surface area contributed by atoms with Crippen molar-refractivity contribution in [2.24, 2.45) is 0 Å². The fraction of sp³-hybridized carbons (Fsp3) is 0. The van der Waals surface area contributed by atoms with Crippen LogP contribution >= 0.6 is 11.3 Å². The van der Waals surface area contributed by atoms with Crippen LogP contribution < -0.4 is 4.90 Å². The largest absolute Gasteiger partial charge is 0.455 e. The minimum Gasteiger partial charge on any atom is -0.455 e. The van der Waals surface area contributed by atoms with Gasteiger partial charge in [-0.3, -0.25) is 0 Å². The molecule has 0 saturated heterocycles. The predicted molar refractivity (Wildman–Crippen MR) is 282 cm³/mol. The highest BCUT2D eigenvalue weighted by atomic mass is 32.1. The lowest BCUT2D eigenvalue weighted by Crippen LogP contribution is -2.11. The van der Waals surface area contributed by atoms with Crippen LogP contribution in [-0.4, -0.2) is 4.57 Å². The molecule has 0 aliphatic rings. The summed E-state index contributed by atoms with van der Waals surface area (Å²) in [4.78, 5) is 2.44. The second-order valence-corrected chi connectivity index (χ2v) is 18.3. The van der Waals surface area contributed by atoms with Crippen LogP contribution in [-0.2, 0) is 0 Å². The van der Waals surface area contributed by atoms with Crippen LogP contribution in [0.4, 0.5) is 17.1 Å². The van der Waals surface area contributed by atoms with Gasteiger partial charge in [0.15, 0.2) is 0 Å². The first-order chi connectivity index (χ1) is 32.7. The van der Waals surface area contributed by atoms with E-state index < -0.39 is 0 Å². The number of hydrogen-bond donors (Lipinski definition) is 0. The number of fused-ring (bicyclic) bond motifs is 12. The molecule has 0 spiro atoms. The molecule has 0 unspecified atom stereocenters. The highest BCUT2D eigenvalue weighted by molar-refractivity contribution is 7.25. The van der Waals surface area contributed by atoms with E-state index in [4.69, 9.17) is 4.42 Å². The van der Waals surface area contributed by atoms with Gasteiger partial charge in [0.1, 0.15) is 11.2 Å². The molecular weight excluding hydrogens is 821 g/mol. The summed E-state index contributed by atoms with van der Waals surface area (Å²) in [6.45, 7) is 0. The highest BCUT2D eigenvalue weighted by Crippen LogP contribution is 2.47. The van der Waals surface area contributed by atoms with Gasteiger partial charge in [0.25, 0.3) is 0 Å². The van der Waals surface area contributed by atoms with E-state index in [1.807, 2.05) is 11.3 Å². The van der Waals surface area contributed by atoms with Gasteiger partial charge in [-0.15, -0.1) is 11.3 Å². The second kappa shape index (κ2) is 14.5. The molecule has 14 rings (SSSR count). The number of para-hydroxylation sites is 3. The maximum atomic E-state index is 6.81. The molecule has 0 amide bonds. The molecule has 14 aromatic rings. The van der Waals surface area contributed by atoms with Crippen LogP contribution in [0.3, 0.4) is 0 Å². The Bertz CT molecular complexity index is 4180. The number of benzene rings is 11. The highest BCUT2D eigenvalue weighted by Gasteiger charge is 2.22. The summed E-state index contributed by atoms with van der Waals surface area (Å²) in [7, 11) is 0. The Labute approximate surface area is 384 Å². The number of anilines is 3. The molecule has 3 nitrogen and oxygen atoms in total. The monoisotopic (exact) mass is 858 g/mol. The number of rotatable bonds is 6. The summed E-state index contributed by atoms with van der Waals surface area (Å²) in [5.74, 6) is 0. The Balaban J connectivity index is 0.970. The Morgan fingerprint density at radius 1 is 0.364 bits per heavy atom. The van der Waals surface area contributed by atoms with Crippen LogP contribution in [0.1, 0.15) is 0 Å². The quantitative estimate of drug-likeness (QED) is 0.155. The Kier molecular flexibility index (Phi) is 8.15. The maximum Gasteiger partial charge on any atom is 0.143 e. The van der Waals surface area contributed by atoms with Gasteiger partial charge >= 0.3 is 0 Å². The summed E-state index contributed by atoms with van der Waals surface area (Å²) in [5.41, 5.74) is 13.0. The van der Waals surface area contributed by atoms with E-state index in [0.29, 0.717) is 0 Å². The van der Waals surface area contributed by atoms with Gasteiger partial charge in [-0.1, -0.05) is 152 Å². The lowest BCUT2D eigenvalue weighted by atomic mass is 9.97. The van der Waals surface area contributed by atoms with Crippen molar-refractivity contribution in [3.8, 4) is 27.9 Å². The number of aromatic nitrogens is 1. The van der Waals surface area contributed by atoms with Crippen LogP contribution in [0, 0.1) is 0 Å². The Morgan fingerprint density at radius 3 is 1.80 bits per heavy atom. The van der Waals surface area contributed by atoms with Gasteiger partial charge in [0.2, 0.25) is 0 Å². The standard InChI is InChI=1S/C62H38N2OS/c1-2-13-46-40(12-1)28-34-50-47(46)18-11-21-56(50)63(43-30-24-39(25-31-43)42-29-35-61-54(36-42)52-17-6-10-23-60(52)66-61)45-37-53(62-55(38-45)51-16-5-9-22-59(51)65-62)41-26-32-44(33-27-41)64-57-19-7-3-14-48(57)49-15-4-8-20-58(49)64/h1-38H. The van der Waals surface area contributed by atoms with Crippen molar-refractivity contribution in [2.75, 3.05) is 4.90 Å². The molecule has 0 bridgehead atoms. The molecule has 308 valence electrons. The van der Waals surface area contributed by atoms with Crippen LogP contribution in [0.15, 0.2) is 235 Å². The van der Waals surface area contributed by atoms with Crippen molar-refractivity contribution in [3.05, 3.63) is 231 Å². The van der Waals surface area contributed by atoms with Crippen molar-refractivity contribution < 1.29 is 4.42 Å². The zero-order valence-electron chi connectivity index (χ0n) is 35.7. The molecule has 3 aromatic heterocycles. The smallest absolute Gasteiger partial charge is 0.143 e. The lowest BCUT2D eigenvalue weighted by molar-refractivity contribution is 0.670. The number of thiophene rings is 1. The first-order valence-corrected chi connectivity index (χ1v) is 23.3. The third-order valence-electron chi connectivity index (χ3n) is 13.6. The van der Waals surface area contributed by atoms with E-state index in [1.165, 1.54) is 74.6 Å². The van der Waals surface area contributed by atoms with Crippen LogP contribution in [0.25, 0.3) is 113 Å². The molecular formula is C62H38N2OS. The van der Waals surface area contributed by atoms with Crippen molar-refractivity contribution in [1.29, 1.82) is 0 Å². The second-order valence-electron chi connectivity index (χ2n) is 17.2. The van der Waals surface area contributed by atoms with E-state index in [-0.39, 0.29) is 0 Å². The molecule has 0 radical (unpaired) electrons. The number of nitrogens with zero attached hydrogens (tertiary/aromatic N) is 2. The first kappa shape index (κ1) is 37.0. The predicted octanol–water partition coefficient (Wildman–Crippen LogP) is 18.2. The summed E-state index contributed by atoms with van der Waals surface area (Å²) in [6.07, 6.45) is 0. The minimum absolute atomic E-state index is 0.871. The third kappa shape index (κ3) is 5.69. The number of hydrogen-bond acceptors (Lipinski definition) is 3. The Morgan fingerprint density at radius 2 is 1.00 bits per heavy atom. The summed E-state index contributed by atoms with van der Waals surface area (Å²) in [5, 5.41) is 12.2. The SMILES string of the molecule is c1ccc2c(c1)ccc1c(N(c3ccc(-c4ccc5sc6ccccc6c5c4)cc3)c3cc(-c4ccc(-n5c6ccccc6c6ccccc65)cc4)c4oc5ccccc5c4c3)cccc12. The average Bonchev–Trinajstić information content (AvgIpc) is 4.06. The van der Waals surface area contributed by atoms with E-state index in [1.54, 1.807) is 0 Å². The molecule has 0 aliphatic heterocycles. The molecule has 0 saturated carbocycles. The maximum absolute atomic E-state index is 6.81. The van der Waals surface area contributed by atoms with E-state index in [2.05, 4.69) is 240 Å². The van der Waals surface area contributed by atoms with E-state index >= 15 is 0 Å². The molecule has 3 heterocycles. The Hall–Kier alpha value is -8.44. The zero-order valence-corrected chi connectivity index (χ0v) is 36.5. The van der Waals surface area contributed by atoms with Gasteiger partial charge in [0.05, 0.1) is 16.7 Å². The lowest BCUT2D eigenvalue weighted by Gasteiger charge is -2.28. The van der Waals surface area contributed by atoms with Crippen molar-refractivity contribution in [3.63, 3.8) is 0 Å². The normalized spacial score (nSPS) is 11.9. The minimum atomic E-state index is 0.871. The molecule has 11 aromatic carbocycles. The van der Waals surface area contributed by atoms with Crippen molar-refractivity contribution >= 4 is 114 Å². The molecule has 0 N–H and O–H groups in total. The zero-order chi connectivity index (χ0) is 43.3. The fourth-order valence-corrected chi connectivity index (χ4v) is 11.6. The van der Waals surface area contributed by atoms with Crippen molar-refractivity contribution in [2.45, 2.75) is 0 Å². The molecule has 0 fully saturated rings.